The number of nitrogens with one attached hydrogen (secondary N) is 1. The summed E-state index contributed by atoms with van der Waals surface area (Å²) in [4.78, 5) is 31.5. The van der Waals surface area contributed by atoms with Gasteiger partial charge in [0.25, 0.3) is 5.56 Å². The minimum absolute atomic E-state index is 0.0217. The lowest BCUT2D eigenvalue weighted by Crippen LogP contribution is -2.51. The Kier molecular flexibility index (Phi) is 5.82. The van der Waals surface area contributed by atoms with Crippen molar-refractivity contribution < 1.29 is 9.53 Å². The van der Waals surface area contributed by atoms with Crippen LogP contribution >= 0.6 is 0 Å². The van der Waals surface area contributed by atoms with E-state index in [1.807, 2.05) is 30.2 Å². The average Bonchev–Trinajstić information content (AvgIpc) is 3.11. The molecule has 4 rings (SSSR count). The molecule has 0 aromatic carbocycles. The Morgan fingerprint density at radius 2 is 2.21 bits per heavy atom. The molecule has 2 aromatic heterocycles. The van der Waals surface area contributed by atoms with Crippen LogP contribution in [0.25, 0.3) is 0 Å². The van der Waals surface area contributed by atoms with Crippen LogP contribution in [-0.4, -0.2) is 58.3 Å². The zero-order valence-electron chi connectivity index (χ0n) is 17.1. The smallest absolute Gasteiger partial charge is 0.251 e. The van der Waals surface area contributed by atoms with Crippen molar-refractivity contribution in [3.63, 3.8) is 0 Å². The number of carbonyl (C=O) groups is 1. The van der Waals surface area contributed by atoms with Crippen molar-refractivity contribution in [2.24, 2.45) is 13.0 Å². The number of piperidine rings is 1. The zero-order valence-corrected chi connectivity index (χ0v) is 17.1. The third-order valence-electron chi connectivity index (χ3n) is 6.22. The van der Waals surface area contributed by atoms with Gasteiger partial charge in [-0.05, 0) is 18.4 Å². The normalized spacial score (nSPS) is 23.6. The summed E-state index contributed by atoms with van der Waals surface area (Å²) in [5, 5.41) is 3.02. The third kappa shape index (κ3) is 4.13. The predicted octanol–water partition coefficient (Wildman–Crippen LogP) is 0.895. The lowest BCUT2D eigenvalue weighted by Gasteiger charge is -2.47. The number of aryl methyl sites for hydroxylation is 1. The second-order valence-corrected chi connectivity index (χ2v) is 8.16. The lowest BCUT2D eigenvalue weighted by molar-refractivity contribution is -0.122. The molecule has 0 radical (unpaired) electrons. The van der Waals surface area contributed by atoms with Crippen LogP contribution in [0.1, 0.15) is 36.2 Å². The van der Waals surface area contributed by atoms with Gasteiger partial charge < -0.3 is 19.2 Å². The first-order chi connectivity index (χ1) is 14.1. The van der Waals surface area contributed by atoms with Crippen LogP contribution in [0.5, 0.6) is 0 Å². The summed E-state index contributed by atoms with van der Waals surface area (Å²) < 4.78 is 8.97. The lowest BCUT2D eigenvalue weighted by atomic mass is 9.78. The van der Waals surface area contributed by atoms with E-state index in [2.05, 4.69) is 25.8 Å². The molecule has 2 bridgehead atoms. The molecule has 1 amide bonds. The highest BCUT2D eigenvalue weighted by Gasteiger charge is 2.40. The molecule has 0 unspecified atom stereocenters. The van der Waals surface area contributed by atoms with Crippen LogP contribution in [-0.2, 0) is 23.1 Å². The SMILES string of the molecule is COCCC(=O)NC[C@H]1[C@H]2C[C@H](CN(Cc3cncn3C)C2)c2cccc(=O)n21. The van der Waals surface area contributed by atoms with Crippen molar-refractivity contribution in [1.82, 2.24) is 24.3 Å². The highest BCUT2D eigenvalue weighted by molar-refractivity contribution is 5.75. The van der Waals surface area contributed by atoms with E-state index in [0.29, 0.717) is 31.4 Å². The number of pyridine rings is 1. The van der Waals surface area contributed by atoms with E-state index in [0.717, 1.165) is 31.7 Å². The molecule has 4 heterocycles. The quantitative estimate of drug-likeness (QED) is 0.748. The fraction of sp³-hybridized carbons (Fsp3) is 0.571. The van der Waals surface area contributed by atoms with Crippen molar-refractivity contribution in [3.8, 4) is 0 Å². The Balaban J connectivity index is 1.56. The van der Waals surface area contributed by atoms with Gasteiger partial charge in [-0.1, -0.05) is 6.07 Å². The maximum absolute atomic E-state index is 12.7. The van der Waals surface area contributed by atoms with E-state index >= 15 is 0 Å². The number of nitrogens with zero attached hydrogens (tertiary/aromatic N) is 4. The molecule has 0 spiro atoms. The van der Waals surface area contributed by atoms with Crippen molar-refractivity contribution in [3.05, 3.63) is 52.5 Å². The minimum Gasteiger partial charge on any atom is -0.384 e. The molecule has 29 heavy (non-hydrogen) atoms. The highest BCUT2D eigenvalue weighted by Crippen LogP contribution is 2.41. The largest absolute Gasteiger partial charge is 0.384 e. The molecule has 156 valence electrons. The second kappa shape index (κ2) is 8.51. The number of methoxy groups -OCH3 is 1. The summed E-state index contributed by atoms with van der Waals surface area (Å²) in [6.45, 7) is 3.54. The van der Waals surface area contributed by atoms with E-state index in [1.54, 1.807) is 13.2 Å². The first-order valence-corrected chi connectivity index (χ1v) is 10.2. The van der Waals surface area contributed by atoms with Gasteiger partial charge in [0, 0.05) is 70.6 Å². The highest BCUT2D eigenvalue weighted by atomic mass is 16.5. The molecular formula is C21H29N5O3. The number of imidazole rings is 1. The van der Waals surface area contributed by atoms with Gasteiger partial charge in [0.1, 0.15) is 0 Å². The summed E-state index contributed by atoms with van der Waals surface area (Å²) in [6.07, 6.45) is 5.12. The number of amides is 1. The molecule has 8 nitrogen and oxygen atoms in total. The Hall–Kier alpha value is -2.45. The number of hydrogen-bond acceptors (Lipinski definition) is 5. The molecule has 2 aliphatic heterocycles. The number of ether oxygens (including phenoxy) is 1. The molecular weight excluding hydrogens is 370 g/mol. The fourth-order valence-electron chi connectivity index (χ4n) is 4.80. The van der Waals surface area contributed by atoms with Crippen LogP contribution in [0, 0.1) is 5.92 Å². The Morgan fingerprint density at radius 1 is 1.34 bits per heavy atom. The first kappa shape index (κ1) is 19.8. The van der Waals surface area contributed by atoms with E-state index in [1.165, 1.54) is 5.69 Å². The molecule has 2 aromatic rings. The minimum atomic E-state index is -0.0398. The predicted molar refractivity (Wildman–Crippen MR) is 109 cm³/mol. The van der Waals surface area contributed by atoms with Gasteiger partial charge in [-0.2, -0.15) is 0 Å². The average molecular weight is 399 g/mol. The van der Waals surface area contributed by atoms with Gasteiger partial charge in [-0.3, -0.25) is 14.5 Å². The molecule has 1 saturated heterocycles. The standard InChI is InChI=1S/C21H29N5O3/c1-24-14-22-9-17(24)13-25-11-15-8-16(12-25)19(10-23-20(27)6-7-29-2)26-18(15)4-3-5-21(26)28/h3-5,9,14-16,19H,6-8,10-13H2,1-2H3,(H,23,27)/t15-,16+,19+/m1/s1. The zero-order chi connectivity index (χ0) is 20.4. The Bertz CT molecular complexity index is 921. The Morgan fingerprint density at radius 3 is 2.97 bits per heavy atom. The van der Waals surface area contributed by atoms with E-state index < -0.39 is 0 Å². The summed E-state index contributed by atoms with van der Waals surface area (Å²) in [5.41, 5.74) is 2.29. The van der Waals surface area contributed by atoms with Gasteiger partial charge in [-0.15, -0.1) is 0 Å². The molecule has 0 aliphatic carbocycles. The number of rotatable bonds is 7. The van der Waals surface area contributed by atoms with Crippen molar-refractivity contribution in [2.75, 3.05) is 33.4 Å². The molecule has 0 saturated carbocycles. The second-order valence-electron chi connectivity index (χ2n) is 8.16. The monoisotopic (exact) mass is 399 g/mol. The van der Waals surface area contributed by atoms with Crippen molar-refractivity contribution >= 4 is 5.91 Å². The fourth-order valence-corrected chi connectivity index (χ4v) is 4.80. The number of aromatic nitrogens is 3. The van der Waals surface area contributed by atoms with Crippen LogP contribution in [0.3, 0.4) is 0 Å². The molecule has 3 atom stereocenters. The van der Waals surface area contributed by atoms with Crippen LogP contribution in [0.4, 0.5) is 0 Å². The van der Waals surface area contributed by atoms with Crippen LogP contribution in [0.2, 0.25) is 0 Å². The Labute approximate surface area is 170 Å². The first-order valence-electron chi connectivity index (χ1n) is 10.2. The van der Waals surface area contributed by atoms with Crippen LogP contribution < -0.4 is 10.9 Å². The van der Waals surface area contributed by atoms with E-state index in [9.17, 15) is 9.59 Å². The summed E-state index contributed by atoms with van der Waals surface area (Å²) >= 11 is 0. The summed E-state index contributed by atoms with van der Waals surface area (Å²) in [7, 11) is 3.60. The molecule has 1 fully saturated rings. The number of hydrogen-bond donors (Lipinski definition) is 1. The third-order valence-corrected chi connectivity index (χ3v) is 6.22. The number of carbonyl (C=O) groups excluding carboxylic acids is 1. The van der Waals surface area contributed by atoms with E-state index in [-0.39, 0.29) is 17.5 Å². The number of likely N-dealkylation sites (tertiary alicyclic amines) is 1. The maximum atomic E-state index is 12.7. The van der Waals surface area contributed by atoms with Crippen molar-refractivity contribution in [1.29, 1.82) is 0 Å². The van der Waals surface area contributed by atoms with Gasteiger partial charge in [-0.25, -0.2) is 4.98 Å². The molecule has 2 aliphatic rings. The van der Waals surface area contributed by atoms with Gasteiger partial charge in [0.05, 0.1) is 24.7 Å². The van der Waals surface area contributed by atoms with Gasteiger partial charge >= 0.3 is 0 Å². The topological polar surface area (TPSA) is 81.4 Å². The van der Waals surface area contributed by atoms with Crippen LogP contribution in [0.15, 0.2) is 35.5 Å². The molecule has 1 N–H and O–H groups in total. The maximum Gasteiger partial charge on any atom is 0.251 e. The van der Waals surface area contributed by atoms with Gasteiger partial charge in [0.15, 0.2) is 0 Å². The molecule has 8 heteroatoms. The van der Waals surface area contributed by atoms with Gasteiger partial charge in [0.2, 0.25) is 5.91 Å². The number of fused-ring (bicyclic) bond motifs is 4. The van der Waals surface area contributed by atoms with E-state index in [4.69, 9.17) is 4.74 Å². The summed E-state index contributed by atoms with van der Waals surface area (Å²) in [6, 6.07) is 5.51. The summed E-state index contributed by atoms with van der Waals surface area (Å²) in [5.74, 6) is 0.607. The van der Waals surface area contributed by atoms with Crippen molar-refractivity contribution in [2.45, 2.75) is 31.3 Å².